The first-order valence-corrected chi connectivity index (χ1v) is 3.43. The minimum atomic E-state index is -1.79. The van der Waals surface area contributed by atoms with Crippen LogP contribution in [0.1, 0.15) is 0 Å². The van der Waals surface area contributed by atoms with E-state index in [0.29, 0.717) is 0 Å². The maximum atomic E-state index is 10.7. The van der Waals surface area contributed by atoms with Gasteiger partial charge in [0.15, 0.2) is 6.10 Å². The van der Waals surface area contributed by atoms with Crippen molar-refractivity contribution >= 4 is 5.97 Å². The van der Waals surface area contributed by atoms with Crippen molar-refractivity contribution in [2.45, 2.75) is 24.4 Å². The van der Waals surface area contributed by atoms with Gasteiger partial charge in [-0.15, -0.1) is 0 Å². The molecule has 0 aromatic heterocycles. The predicted octanol–water partition coefficient (Wildman–Crippen LogP) is -3.01. The van der Waals surface area contributed by atoms with Crippen LogP contribution in [-0.4, -0.2) is 57.4 Å². The average molecular weight is 178 g/mol. The molecule has 4 atom stereocenters. The molecular weight excluding hydrogens is 168 g/mol. The average Bonchev–Trinajstić information content (AvgIpc) is 2.14. The van der Waals surface area contributed by atoms with Crippen LogP contribution in [0.15, 0.2) is 0 Å². The maximum absolute atomic E-state index is 10.7. The fourth-order valence-electron chi connectivity index (χ4n) is 0.905. The summed E-state index contributed by atoms with van der Waals surface area (Å²) in [7, 11) is 0. The van der Waals surface area contributed by atoms with Crippen molar-refractivity contribution in [3.05, 3.63) is 0 Å². The number of aliphatic hydroxyl groups is 4. The second kappa shape index (κ2) is 3.36. The smallest absolute Gasteiger partial charge is 0.337 e. The number of ether oxygens (including phenoxy) is 1. The molecule has 1 saturated heterocycles. The van der Waals surface area contributed by atoms with E-state index in [4.69, 9.17) is 20.4 Å². The van der Waals surface area contributed by atoms with E-state index in [9.17, 15) is 4.79 Å². The standard InChI is InChI=1S/C6H10O6/c7-2-1-12-6(11)5(10)4(9)3(2)8/h2-5,7-10H,1H2/t2-,3+,4+,5-/m1/s1. The zero-order valence-corrected chi connectivity index (χ0v) is 6.12. The van der Waals surface area contributed by atoms with Crippen molar-refractivity contribution in [3.8, 4) is 0 Å². The van der Waals surface area contributed by atoms with Gasteiger partial charge in [-0.3, -0.25) is 0 Å². The number of hydrogen-bond donors (Lipinski definition) is 4. The second-order valence-corrected chi connectivity index (χ2v) is 2.62. The van der Waals surface area contributed by atoms with Crippen LogP contribution in [0.25, 0.3) is 0 Å². The van der Waals surface area contributed by atoms with Crippen LogP contribution in [0.5, 0.6) is 0 Å². The summed E-state index contributed by atoms with van der Waals surface area (Å²) in [5.41, 5.74) is 0. The Kier molecular flexibility index (Phi) is 2.63. The van der Waals surface area contributed by atoms with E-state index in [1.807, 2.05) is 0 Å². The Balaban J connectivity index is 2.75. The Bertz CT molecular complexity index is 181. The van der Waals surface area contributed by atoms with Crippen LogP contribution in [-0.2, 0) is 9.53 Å². The molecule has 12 heavy (non-hydrogen) atoms. The quantitative estimate of drug-likeness (QED) is 0.294. The molecule has 6 heteroatoms. The van der Waals surface area contributed by atoms with E-state index in [2.05, 4.69) is 4.74 Å². The van der Waals surface area contributed by atoms with Crippen LogP contribution in [0.3, 0.4) is 0 Å². The molecule has 0 bridgehead atoms. The van der Waals surface area contributed by atoms with Crippen LogP contribution in [0.4, 0.5) is 0 Å². The lowest BCUT2D eigenvalue weighted by molar-refractivity contribution is -0.158. The molecule has 0 saturated carbocycles. The van der Waals surface area contributed by atoms with E-state index in [1.165, 1.54) is 0 Å². The lowest BCUT2D eigenvalue weighted by Crippen LogP contribution is -2.44. The Morgan fingerprint density at radius 3 is 2.33 bits per heavy atom. The van der Waals surface area contributed by atoms with Crippen molar-refractivity contribution < 1.29 is 30.0 Å². The summed E-state index contributed by atoms with van der Waals surface area (Å²) in [6.07, 6.45) is -6.42. The van der Waals surface area contributed by atoms with Gasteiger partial charge in [0.25, 0.3) is 0 Å². The minimum absolute atomic E-state index is 0.422. The fourth-order valence-corrected chi connectivity index (χ4v) is 0.905. The number of carbonyl (C=O) groups excluding carboxylic acids is 1. The van der Waals surface area contributed by atoms with Crippen molar-refractivity contribution in [2.75, 3.05) is 6.61 Å². The van der Waals surface area contributed by atoms with Gasteiger partial charge in [0, 0.05) is 0 Å². The highest BCUT2D eigenvalue weighted by atomic mass is 16.6. The number of rotatable bonds is 0. The van der Waals surface area contributed by atoms with E-state index >= 15 is 0 Å². The minimum Gasteiger partial charge on any atom is -0.461 e. The molecule has 0 unspecified atom stereocenters. The summed E-state index contributed by atoms with van der Waals surface area (Å²) in [4.78, 5) is 10.7. The first-order valence-electron chi connectivity index (χ1n) is 3.43. The largest absolute Gasteiger partial charge is 0.461 e. The molecule has 1 fully saturated rings. The molecule has 1 rings (SSSR count). The molecule has 6 nitrogen and oxygen atoms in total. The van der Waals surface area contributed by atoms with Gasteiger partial charge in [0.2, 0.25) is 0 Å². The molecule has 1 heterocycles. The van der Waals surface area contributed by atoms with Crippen LogP contribution in [0.2, 0.25) is 0 Å². The summed E-state index contributed by atoms with van der Waals surface area (Å²) < 4.78 is 4.31. The number of esters is 1. The van der Waals surface area contributed by atoms with Gasteiger partial charge in [-0.1, -0.05) is 0 Å². The molecule has 4 N–H and O–H groups in total. The summed E-state index contributed by atoms with van der Waals surface area (Å²) >= 11 is 0. The zero-order valence-electron chi connectivity index (χ0n) is 6.12. The SMILES string of the molecule is O=C1OC[C@@H](O)[C@H](O)[C@H](O)[C@H]1O. The molecule has 0 amide bonds. The number of cyclic esters (lactones) is 1. The van der Waals surface area contributed by atoms with Gasteiger partial charge in [-0.05, 0) is 0 Å². The molecule has 1 aliphatic heterocycles. The molecule has 0 spiro atoms. The molecule has 0 radical (unpaired) electrons. The van der Waals surface area contributed by atoms with Crippen molar-refractivity contribution in [3.63, 3.8) is 0 Å². The third-order valence-electron chi connectivity index (χ3n) is 1.71. The highest BCUT2D eigenvalue weighted by molar-refractivity contribution is 5.75. The molecule has 1 aliphatic rings. The Morgan fingerprint density at radius 2 is 1.75 bits per heavy atom. The second-order valence-electron chi connectivity index (χ2n) is 2.62. The van der Waals surface area contributed by atoms with Gasteiger partial charge in [0.1, 0.15) is 24.9 Å². The summed E-state index contributed by atoms with van der Waals surface area (Å²) in [6, 6.07) is 0. The molecule has 0 aromatic carbocycles. The maximum Gasteiger partial charge on any atom is 0.337 e. The molecule has 70 valence electrons. The normalized spacial score (nSPS) is 43.5. The summed E-state index contributed by atoms with van der Waals surface area (Å²) in [6.45, 7) is -0.422. The zero-order chi connectivity index (χ0) is 9.30. The van der Waals surface area contributed by atoms with Gasteiger partial charge in [-0.2, -0.15) is 0 Å². The third kappa shape index (κ3) is 1.56. The van der Waals surface area contributed by atoms with Gasteiger partial charge in [0.05, 0.1) is 0 Å². The topological polar surface area (TPSA) is 107 Å². The Labute approximate surface area is 68.0 Å². The van der Waals surface area contributed by atoms with Gasteiger partial charge in [-0.25, -0.2) is 4.79 Å². The summed E-state index contributed by atoms with van der Waals surface area (Å²) in [5.74, 6) is -1.04. The first-order chi connectivity index (χ1) is 5.54. The fraction of sp³-hybridized carbons (Fsp3) is 0.833. The van der Waals surface area contributed by atoms with Crippen molar-refractivity contribution in [1.82, 2.24) is 0 Å². The predicted molar refractivity (Wildman–Crippen MR) is 35.0 cm³/mol. The van der Waals surface area contributed by atoms with E-state index in [-0.39, 0.29) is 0 Å². The number of aliphatic hydroxyl groups excluding tert-OH is 4. The number of hydrogen-bond acceptors (Lipinski definition) is 6. The Morgan fingerprint density at radius 1 is 1.17 bits per heavy atom. The first kappa shape index (κ1) is 9.40. The molecular formula is C6H10O6. The lowest BCUT2D eigenvalue weighted by atomic mass is 10.1. The number of carbonyl (C=O) groups is 1. The van der Waals surface area contributed by atoms with Crippen molar-refractivity contribution in [1.29, 1.82) is 0 Å². The van der Waals surface area contributed by atoms with Crippen LogP contribution >= 0.6 is 0 Å². The van der Waals surface area contributed by atoms with E-state index < -0.39 is 37.0 Å². The summed E-state index contributed by atoms with van der Waals surface area (Å²) in [5, 5.41) is 35.9. The van der Waals surface area contributed by atoms with E-state index in [1.54, 1.807) is 0 Å². The Hall–Kier alpha value is -0.690. The molecule has 0 aliphatic carbocycles. The monoisotopic (exact) mass is 178 g/mol. The highest BCUT2D eigenvalue weighted by Gasteiger charge is 2.39. The van der Waals surface area contributed by atoms with Crippen LogP contribution < -0.4 is 0 Å². The van der Waals surface area contributed by atoms with E-state index in [0.717, 1.165) is 0 Å². The van der Waals surface area contributed by atoms with Crippen molar-refractivity contribution in [2.24, 2.45) is 0 Å². The molecule has 0 aromatic rings. The highest BCUT2D eigenvalue weighted by Crippen LogP contribution is 2.11. The lowest BCUT2D eigenvalue weighted by Gasteiger charge is -2.18. The third-order valence-corrected chi connectivity index (χ3v) is 1.71. The van der Waals surface area contributed by atoms with Gasteiger partial charge >= 0.3 is 5.97 Å². The van der Waals surface area contributed by atoms with Crippen LogP contribution in [0, 0.1) is 0 Å². The van der Waals surface area contributed by atoms with Gasteiger partial charge < -0.3 is 25.2 Å².